The van der Waals surface area contributed by atoms with Gasteiger partial charge in [-0.25, -0.2) is 0 Å². The van der Waals surface area contributed by atoms with E-state index < -0.39 is 0 Å². The molecule has 0 saturated carbocycles. The summed E-state index contributed by atoms with van der Waals surface area (Å²) in [6.45, 7) is 2.05. The monoisotopic (exact) mass is 213 g/mol. The summed E-state index contributed by atoms with van der Waals surface area (Å²) in [4.78, 5) is 0. The molecule has 0 rings (SSSR count). The summed E-state index contributed by atoms with van der Waals surface area (Å²) >= 11 is 2.37. The van der Waals surface area contributed by atoms with Crippen molar-refractivity contribution in [2.24, 2.45) is 5.73 Å². The zero-order chi connectivity index (χ0) is 5.70. The van der Waals surface area contributed by atoms with Crippen LogP contribution < -0.4 is 5.73 Å². The van der Waals surface area contributed by atoms with Crippen molar-refractivity contribution >= 4 is 22.6 Å². The van der Waals surface area contributed by atoms with E-state index in [0.29, 0.717) is 6.04 Å². The molecule has 2 heteroatoms. The number of halogens is 1. The maximum Gasteiger partial charge on any atom is 0.00107 e. The van der Waals surface area contributed by atoms with Gasteiger partial charge in [0, 0.05) is 6.04 Å². The van der Waals surface area contributed by atoms with Crippen LogP contribution in [-0.4, -0.2) is 10.5 Å². The molecule has 2 N–H and O–H groups in total. The van der Waals surface area contributed by atoms with Gasteiger partial charge in [-0.1, -0.05) is 22.6 Å². The molecule has 0 aliphatic carbocycles. The molecule has 0 saturated heterocycles. The zero-order valence-electron chi connectivity index (χ0n) is 4.65. The summed E-state index contributed by atoms with van der Waals surface area (Å²) in [5.74, 6) is 0. The van der Waals surface area contributed by atoms with E-state index in [4.69, 9.17) is 5.73 Å². The summed E-state index contributed by atoms with van der Waals surface area (Å²) in [5.41, 5.74) is 5.48. The van der Waals surface area contributed by atoms with Gasteiger partial charge in [0.25, 0.3) is 0 Å². The minimum absolute atomic E-state index is 0.398. The average molecular weight is 213 g/mol. The fraction of sp³-hybridized carbons (Fsp3) is 1.00. The van der Waals surface area contributed by atoms with Crippen LogP contribution in [0.3, 0.4) is 0 Å². The Morgan fingerprint density at radius 2 is 2.29 bits per heavy atom. The Hall–Kier alpha value is 0.690. The van der Waals surface area contributed by atoms with Crippen LogP contribution in [0.15, 0.2) is 0 Å². The van der Waals surface area contributed by atoms with Crippen LogP contribution in [0.25, 0.3) is 0 Å². The molecule has 1 unspecified atom stereocenters. The SMILES string of the molecule is CC(N)CCCI. The van der Waals surface area contributed by atoms with Crippen molar-refractivity contribution in [1.82, 2.24) is 0 Å². The summed E-state index contributed by atoms with van der Waals surface area (Å²) < 4.78 is 1.24. The third-order valence-corrected chi connectivity index (χ3v) is 1.56. The Morgan fingerprint density at radius 3 is 2.43 bits per heavy atom. The number of rotatable bonds is 3. The van der Waals surface area contributed by atoms with Gasteiger partial charge in [0.15, 0.2) is 0 Å². The zero-order valence-corrected chi connectivity index (χ0v) is 6.81. The van der Waals surface area contributed by atoms with Crippen LogP contribution in [-0.2, 0) is 0 Å². The Kier molecular flexibility index (Phi) is 5.32. The third-order valence-electron chi connectivity index (χ3n) is 0.793. The fourth-order valence-corrected chi connectivity index (χ4v) is 0.840. The lowest BCUT2D eigenvalue weighted by atomic mass is 10.2. The number of nitrogens with two attached hydrogens (primary N) is 1. The largest absolute Gasteiger partial charge is 0.328 e. The van der Waals surface area contributed by atoms with Crippen LogP contribution in [0.1, 0.15) is 19.8 Å². The summed E-state index contributed by atoms with van der Waals surface area (Å²) in [6, 6.07) is 0.398. The molecule has 0 aliphatic heterocycles. The Bertz CT molecular complexity index is 37.1. The Labute approximate surface area is 58.8 Å². The molecule has 0 aliphatic rings. The first kappa shape index (κ1) is 7.69. The molecule has 1 atom stereocenters. The van der Waals surface area contributed by atoms with Crippen LogP contribution in [0.2, 0.25) is 0 Å². The van der Waals surface area contributed by atoms with Gasteiger partial charge in [-0.15, -0.1) is 0 Å². The lowest BCUT2D eigenvalue weighted by Gasteiger charge is -1.98. The van der Waals surface area contributed by atoms with E-state index in [9.17, 15) is 0 Å². The summed E-state index contributed by atoms with van der Waals surface area (Å²) in [6.07, 6.45) is 2.43. The third kappa shape index (κ3) is 6.69. The van der Waals surface area contributed by atoms with Crippen molar-refractivity contribution in [3.8, 4) is 0 Å². The second kappa shape index (κ2) is 4.84. The van der Waals surface area contributed by atoms with Crippen molar-refractivity contribution in [3.05, 3.63) is 0 Å². The summed E-state index contributed by atoms with van der Waals surface area (Å²) in [5, 5.41) is 0. The van der Waals surface area contributed by atoms with Crippen molar-refractivity contribution in [2.75, 3.05) is 4.43 Å². The highest BCUT2D eigenvalue weighted by Crippen LogP contribution is 1.95. The van der Waals surface area contributed by atoms with E-state index in [0.717, 1.165) is 0 Å². The van der Waals surface area contributed by atoms with Crippen molar-refractivity contribution in [3.63, 3.8) is 0 Å². The molecular weight excluding hydrogens is 201 g/mol. The van der Waals surface area contributed by atoms with Gasteiger partial charge in [-0.3, -0.25) is 0 Å². The molecule has 44 valence electrons. The lowest BCUT2D eigenvalue weighted by Crippen LogP contribution is -2.13. The van der Waals surface area contributed by atoms with E-state index in [2.05, 4.69) is 22.6 Å². The molecule has 1 nitrogen and oxygen atoms in total. The maximum absolute atomic E-state index is 5.48. The van der Waals surface area contributed by atoms with Gasteiger partial charge in [0.1, 0.15) is 0 Å². The minimum Gasteiger partial charge on any atom is -0.328 e. The highest BCUT2D eigenvalue weighted by atomic mass is 127. The first-order valence-corrected chi connectivity index (χ1v) is 4.11. The van der Waals surface area contributed by atoms with Gasteiger partial charge in [0.2, 0.25) is 0 Å². The number of hydrogen-bond acceptors (Lipinski definition) is 1. The molecule has 0 spiro atoms. The first-order chi connectivity index (χ1) is 3.27. The Balaban J connectivity index is 2.68. The van der Waals surface area contributed by atoms with Crippen LogP contribution in [0.4, 0.5) is 0 Å². The van der Waals surface area contributed by atoms with Crippen molar-refractivity contribution in [2.45, 2.75) is 25.8 Å². The number of hydrogen-bond donors (Lipinski definition) is 1. The Morgan fingerprint density at radius 1 is 1.71 bits per heavy atom. The maximum atomic E-state index is 5.48. The lowest BCUT2D eigenvalue weighted by molar-refractivity contribution is 0.660. The van der Waals surface area contributed by atoms with Crippen LogP contribution in [0.5, 0.6) is 0 Å². The molecule has 0 fully saturated rings. The molecule has 0 aromatic heterocycles. The molecule has 7 heavy (non-hydrogen) atoms. The van der Waals surface area contributed by atoms with Crippen LogP contribution >= 0.6 is 22.6 Å². The highest BCUT2D eigenvalue weighted by Gasteiger charge is 1.89. The fourth-order valence-electron chi connectivity index (χ4n) is 0.399. The normalized spacial score (nSPS) is 14.1. The van der Waals surface area contributed by atoms with Crippen molar-refractivity contribution in [1.29, 1.82) is 0 Å². The number of alkyl halides is 1. The molecule has 0 aromatic carbocycles. The van der Waals surface area contributed by atoms with E-state index in [1.165, 1.54) is 17.3 Å². The molecule has 0 amide bonds. The average Bonchev–Trinajstić information content (AvgIpc) is 1.61. The second-order valence-corrected chi connectivity index (χ2v) is 2.89. The predicted molar refractivity (Wildman–Crippen MR) is 41.8 cm³/mol. The second-order valence-electron chi connectivity index (χ2n) is 1.81. The van der Waals surface area contributed by atoms with Gasteiger partial charge < -0.3 is 5.73 Å². The minimum atomic E-state index is 0.398. The highest BCUT2D eigenvalue weighted by molar-refractivity contribution is 14.1. The van der Waals surface area contributed by atoms with Gasteiger partial charge >= 0.3 is 0 Å². The molecule has 0 radical (unpaired) electrons. The predicted octanol–water partition coefficient (Wildman–Crippen LogP) is 1.55. The van der Waals surface area contributed by atoms with Gasteiger partial charge in [0.05, 0.1) is 0 Å². The summed E-state index contributed by atoms with van der Waals surface area (Å²) in [7, 11) is 0. The van der Waals surface area contributed by atoms with Crippen LogP contribution in [0, 0.1) is 0 Å². The topological polar surface area (TPSA) is 26.0 Å². The van der Waals surface area contributed by atoms with E-state index in [1.807, 2.05) is 6.92 Å². The van der Waals surface area contributed by atoms with E-state index in [1.54, 1.807) is 0 Å². The molecule has 0 bridgehead atoms. The molecule has 0 heterocycles. The van der Waals surface area contributed by atoms with E-state index >= 15 is 0 Å². The molecule has 0 aromatic rings. The molecular formula is C5H12IN. The van der Waals surface area contributed by atoms with Gasteiger partial charge in [-0.05, 0) is 24.2 Å². The smallest absolute Gasteiger partial charge is 0.00107 e. The first-order valence-electron chi connectivity index (χ1n) is 2.59. The quantitative estimate of drug-likeness (QED) is 0.558. The van der Waals surface area contributed by atoms with Gasteiger partial charge in [-0.2, -0.15) is 0 Å². The standard InChI is InChI=1S/C5H12IN/c1-5(7)3-2-4-6/h5H,2-4,7H2,1H3. The van der Waals surface area contributed by atoms with Crippen molar-refractivity contribution < 1.29 is 0 Å². The van der Waals surface area contributed by atoms with E-state index in [-0.39, 0.29) is 0 Å².